The van der Waals surface area contributed by atoms with Gasteiger partial charge in [-0.25, -0.2) is 0 Å². The van der Waals surface area contributed by atoms with Crippen LogP contribution in [0.4, 0.5) is 0 Å². The summed E-state index contributed by atoms with van der Waals surface area (Å²) in [5.74, 6) is 0.305. The Morgan fingerprint density at radius 1 is 1.25 bits per heavy atom. The van der Waals surface area contributed by atoms with E-state index >= 15 is 0 Å². The number of nitrogens with one attached hydrogen (secondary N) is 1. The number of amidine groups is 1. The highest BCUT2D eigenvalue weighted by Gasteiger charge is 2.04. The average molecular weight is 302 g/mol. The molecule has 1 aromatic heterocycles. The van der Waals surface area contributed by atoms with Gasteiger partial charge in [0.1, 0.15) is 5.69 Å². The van der Waals surface area contributed by atoms with Crippen molar-refractivity contribution in [2.24, 2.45) is 10.8 Å². The molecular formula is C14H14N4S2. The van der Waals surface area contributed by atoms with Gasteiger partial charge in [0.2, 0.25) is 0 Å². The molecule has 0 saturated heterocycles. The summed E-state index contributed by atoms with van der Waals surface area (Å²) in [6.45, 7) is 0. The van der Waals surface area contributed by atoms with Crippen molar-refractivity contribution in [1.29, 1.82) is 0 Å². The maximum Gasteiger partial charge on any atom is 0.169 e. The van der Waals surface area contributed by atoms with Gasteiger partial charge in [-0.3, -0.25) is 10.4 Å². The van der Waals surface area contributed by atoms with E-state index in [2.05, 4.69) is 15.5 Å². The summed E-state index contributed by atoms with van der Waals surface area (Å²) in [5, 5.41) is 4.02. The van der Waals surface area contributed by atoms with Gasteiger partial charge in [-0.15, -0.1) is 0 Å². The minimum atomic E-state index is 0.305. The molecule has 0 atom stereocenters. The molecule has 2 rings (SSSR count). The van der Waals surface area contributed by atoms with Gasteiger partial charge in [-0.05, 0) is 29.5 Å². The minimum Gasteiger partial charge on any atom is -0.380 e. The predicted molar refractivity (Wildman–Crippen MR) is 89.6 cm³/mol. The summed E-state index contributed by atoms with van der Waals surface area (Å²) < 4.78 is 0.562. The lowest BCUT2D eigenvalue weighted by Gasteiger charge is -2.05. The molecule has 0 amide bonds. The van der Waals surface area contributed by atoms with Crippen molar-refractivity contribution in [2.75, 3.05) is 6.26 Å². The SMILES string of the molecule is CSC(=S)N/N=C(\N)c1cc(-c2ccccc2)ccn1. The predicted octanol–water partition coefficient (Wildman–Crippen LogP) is 2.61. The first-order valence-corrected chi connectivity index (χ1v) is 7.53. The van der Waals surface area contributed by atoms with E-state index in [4.69, 9.17) is 18.0 Å². The van der Waals surface area contributed by atoms with Crippen LogP contribution in [-0.2, 0) is 0 Å². The molecule has 1 heterocycles. The van der Waals surface area contributed by atoms with Gasteiger partial charge >= 0.3 is 0 Å². The molecule has 0 spiro atoms. The highest BCUT2D eigenvalue weighted by Crippen LogP contribution is 2.18. The van der Waals surface area contributed by atoms with E-state index < -0.39 is 0 Å². The normalized spacial score (nSPS) is 11.2. The van der Waals surface area contributed by atoms with Crippen molar-refractivity contribution in [2.45, 2.75) is 0 Å². The van der Waals surface area contributed by atoms with E-state index in [0.29, 0.717) is 15.9 Å². The fourth-order valence-corrected chi connectivity index (χ4v) is 1.77. The molecule has 2 aromatic rings. The largest absolute Gasteiger partial charge is 0.380 e. The lowest BCUT2D eigenvalue weighted by atomic mass is 10.1. The molecule has 0 fully saturated rings. The first-order valence-electron chi connectivity index (χ1n) is 5.89. The fourth-order valence-electron chi connectivity index (χ4n) is 1.59. The fraction of sp³-hybridized carbons (Fsp3) is 0.0714. The van der Waals surface area contributed by atoms with Crippen molar-refractivity contribution in [3.8, 4) is 11.1 Å². The first kappa shape index (κ1) is 14.5. The van der Waals surface area contributed by atoms with Gasteiger partial charge in [0, 0.05) is 6.20 Å². The first-order chi connectivity index (χ1) is 9.70. The number of thioether (sulfide) groups is 1. The molecule has 0 aliphatic carbocycles. The van der Waals surface area contributed by atoms with Crippen LogP contribution < -0.4 is 11.2 Å². The van der Waals surface area contributed by atoms with Gasteiger partial charge in [-0.2, -0.15) is 5.10 Å². The summed E-state index contributed by atoms with van der Waals surface area (Å²) in [5.41, 5.74) is 11.4. The molecule has 0 aliphatic rings. The third-order valence-electron chi connectivity index (χ3n) is 2.58. The molecule has 0 bridgehead atoms. The Bertz CT molecular complexity index is 626. The summed E-state index contributed by atoms with van der Waals surface area (Å²) in [6.07, 6.45) is 3.59. The average Bonchev–Trinajstić information content (AvgIpc) is 2.53. The Morgan fingerprint density at radius 3 is 2.70 bits per heavy atom. The van der Waals surface area contributed by atoms with Crippen LogP contribution in [-0.4, -0.2) is 21.4 Å². The lowest BCUT2D eigenvalue weighted by molar-refractivity contribution is 1.05. The molecule has 4 nitrogen and oxygen atoms in total. The van der Waals surface area contributed by atoms with E-state index in [1.54, 1.807) is 6.20 Å². The second-order valence-electron chi connectivity index (χ2n) is 3.90. The Hall–Kier alpha value is -1.92. The van der Waals surface area contributed by atoms with Gasteiger partial charge in [0.05, 0.1) is 0 Å². The number of benzene rings is 1. The number of thiocarbonyl (C=S) groups is 1. The van der Waals surface area contributed by atoms with Crippen LogP contribution in [0.25, 0.3) is 11.1 Å². The van der Waals surface area contributed by atoms with Gasteiger partial charge < -0.3 is 5.73 Å². The second kappa shape index (κ2) is 7.02. The Morgan fingerprint density at radius 2 is 2.00 bits per heavy atom. The van der Waals surface area contributed by atoms with Crippen LogP contribution in [0.15, 0.2) is 53.8 Å². The van der Waals surface area contributed by atoms with E-state index in [0.717, 1.165) is 11.1 Å². The molecule has 20 heavy (non-hydrogen) atoms. The second-order valence-corrected chi connectivity index (χ2v) is 5.38. The van der Waals surface area contributed by atoms with E-state index in [9.17, 15) is 0 Å². The molecule has 102 valence electrons. The Labute approximate surface area is 127 Å². The maximum absolute atomic E-state index is 5.90. The third-order valence-corrected chi connectivity index (χ3v) is 3.64. The zero-order valence-corrected chi connectivity index (χ0v) is 12.5. The smallest absolute Gasteiger partial charge is 0.169 e. The molecular weight excluding hydrogens is 288 g/mol. The Balaban J connectivity index is 2.24. The summed E-state index contributed by atoms with van der Waals surface area (Å²) in [7, 11) is 0. The van der Waals surface area contributed by atoms with Gasteiger partial charge in [0.15, 0.2) is 10.2 Å². The topological polar surface area (TPSA) is 63.3 Å². The van der Waals surface area contributed by atoms with Crippen LogP contribution in [0.3, 0.4) is 0 Å². The zero-order chi connectivity index (χ0) is 14.4. The highest BCUT2D eigenvalue weighted by atomic mass is 32.2. The van der Waals surface area contributed by atoms with Gasteiger partial charge in [-0.1, -0.05) is 54.3 Å². The Kier molecular flexibility index (Phi) is 5.09. The molecule has 1 aromatic carbocycles. The summed E-state index contributed by atoms with van der Waals surface area (Å²) in [6, 6.07) is 13.9. The summed E-state index contributed by atoms with van der Waals surface area (Å²) >= 11 is 6.39. The number of nitrogens with two attached hydrogens (primary N) is 1. The molecule has 0 saturated carbocycles. The van der Waals surface area contributed by atoms with E-state index in [1.165, 1.54) is 11.8 Å². The van der Waals surface area contributed by atoms with Crippen LogP contribution in [0.5, 0.6) is 0 Å². The molecule has 3 N–H and O–H groups in total. The quantitative estimate of drug-likeness (QED) is 0.395. The minimum absolute atomic E-state index is 0.305. The molecule has 0 unspecified atom stereocenters. The van der Waals surface area contributed by atoms with Crippen LogP contribution in [0.2, 0.25) is 0 Å². The molecule has 0 radical (unpaired) electrons. The van der Waals surface area contributed by atoms with Crippen molar-refractivity contribution < 1.29 is 0 Å². The summed E-state index contributed by atoms with van der Waals surface area (Å²) in [4.78, 5) is 4.22. The lowest BCUT2D eigenvalue weighted by Crippen LogP contribution is -2.21. The highest BCUT2D eigenvalue weighted by molar-refractivity contribution is 8.22. The number of nitrogens with zero attached hydrogens (tertiary/aromatic N) is 2. The van der Waals surface area contributed by atoms with Crippen molar-refractivity contribution in [3.63, 3.8) is 0 Å². The number of rotatable bonds is 3. The van der Waals surface area contributed by atoms with E-state index in [1.807, 2.05) is 48.7 Å². The number of hydrogen-bond acceptors (Lipinski definition) is 4. The number of hydrazone groups is 1. The van der Waals surface area contributed by atoms with Crippen LogP contribution in [0.1, 0.15) is 5.69 Å². The van der Waals surface area contributed by atoms with Gasteiger partial charge in [0.25, 0.3) is 0 Å². The standard InChI is InChI=1S/C14H14N4S2/c1-20-14(19)18-17-13(15)12-9-11(7-8-16-12)10-5-3-2-4-6-10/h2-9H,1H3,(H2,15,17)(H,18,19). The van der Waals surface area contributed by atoms with Crippen LogP contribution in [0, 0.1) is 0 Å². The third kappa shape index (κ3) is 3.79. The number of aromatic nitrogens is 1. The maximum atomic E-state index is 5.90. The zero-order valence-electron chi connectivity index (χ0n) is 10.9. The molecule has 6 heteroatoms. The van der Waals surface area contributed by atoms with Crippen molar-refractivity contribution in [3.05, 3.63) is 54.4 Å². The number of pyridine rings is 1. The molecule has 0 aliphatic heterocycles. The van der Waals surface area contributed by atoms with E-state index in [-0.39, 0.29) is 0 Å². The van der Waals surface area contributed by atoms with Crippen molar-refractivity contribution >= 4 is 34.1 Å². The van der Waals surface area contributed by atoms with Crippen LogP contribution >= 0.6 is 24.0 Å². The monoisotopic (exact) mass is 302 g/mol. The number of hydrogen-bond donors (Lipinski definition) is 2. The van der Waals surface area contributed by atoms with Crippen molar-refractivity contribution in [1.82, 2.24) is 10.4 Å².